The summed E-state index contributed by atoms with van der Waals surface area (Å²) < 4.78 is 25.5. The molecule has 0 fully saturated rings. The van der Waals surface area contributed by atoms with E-state index in [1.54, 1.807) is 0 Å². The molecule has 0 aliphatic rings. The van der Waals surface area contributed by atoms with Crippen LogP contribution in [0.3, 0.4) is 0 Å². The van der Waals surface area contributed by atoms with E-state index < -0.39 is 11.6 Å². The number of pyridine rings is 1. The minimum atomic E-state index is -0.640. The standard InChI is InChI=1S/C9H4F2N/c10-7-4-6-2-1-3-12-9(6)8(11)5-7/h2-5H. The lowest BCUT2D eigenvalue weighted by Gasteiger charge is -1.96. The molecule has 1 heterocycles. The molecule has 0 aliphatic heterocycles. The molecule has 12 heavy (non-hydrogen) atoms. The molecule has 1 aromatic heterocycles. The predicted octanol–water partition coefficient (Wildman–Crippen LogP) is 2.31. The summed E-state index contributed by atoms with van der Waals surface area (Å²) in [5, 5.41) is 0.426. The van der Waals surface area contributed by atoms with Crippen molar-refractivity contribution in [3.8, 4) is 0 Å². The van der Waals surface area contributed by atoms with Crippen LogP contribution in [-0.4, -0.2) is 4.98 Å². The Kier molecular flexibility index (Phi) is 1.50. The molecular formula is C9H4F2N. The molecule has 0 N–H and O–H groups in total. The second-order valence-corrected chi connectivity index (χ2v) is 2.39. The highest BCUT2D eigenvalue weighted by molar-refractivity contribution is 5.78. The van der Waals surface area contributed by atoms with E-state index in [0.29, 0.717) is 5.39 Å². The first-order chi connectivity index (χ1) is 5.77. The highest BCUT2D eigenvalue weighted by Gasteiger charge is 2.02. The highest BCUT2D eigenvalue weighted by atomic mass is 19.1. The largest absolute Gasteiger partial charge is 0.253 e. The van der Waals surface area contributed by atoms with Crippen molar-refractivity contribution < 1.29 is 8.78 Å². The molecule has 0 amide bonds. The lowest BCUT2D eigenvalue weighted by molar-refractivity contribution is 0.590. The van der Waals surface area contributed by atoms with Gasteiger partial charge in [-0.2, -0.15) is 0 Å². The van der Waals surface area contributed by atoms with Gasteiger partial charge in [0.15, 0.2) is 5.82 Å². The Bertz CT molecular complexity index is 426. The minimum Gasteiger partial charge on any atom is -0.253 e. The van der Waals surface area contributed by atoms with Gasteiger partial charge in [-0.1, -0.05) is 0 Å². The summed E-state index contributed by atoms with van der Waals surface area (Å²) in [5.41, 5.74) is 0.176. The van der Waals surface area contributed by atoms with Gasteiger partial charge in [0, 0.05) is 23.7 Å². The number of benzene rings is 1. The van der Waals surface area contributed by atoms with Crippen LogP contribution in [0, 0.1) is 17.7 Å². The van der Waals surface area contributed by atoms with Gasteiger partial charge in [-0.05, 0) is 12.1 Å². The van der Waals surface area contributed by atoms with Gasteiger partial charge in [-0.3, -0.25) is 4.98 Å². The molecule has 1 aromatic carbocycles. The van der Waals surface area contributed by atoms with Crippen molar-refractivity contribution in [2.45, 2.75) is 0 Å². The molecule has 0 aliphatic carbocycles. The van der Waals surface area contributed by atoms with E-state index >= 15 is 0 Å². The van der Waals surface area contributed by atoms with Gasteiger partial charge in [0.05, 0.1) is 0 Å². The summed E-state index contributed by atoms with van der Waals surface area (Å²) >= 11 is 0. The molecule has 59 valence electrons. The van der Waals surface area contributed by atoms with E-state index in [1.807, 2.05) is 0 Å². The fraction of sp³-hybridized carbons (Fsp3) is 0. The monoisotopic (exact) mass is 164 g/mol. The van der Waals surface area contributed by atoms with Gasteiger partial charge in [0.25, 0.3) is 0 Å². The van der Waals surface area contributed by atoms with E-state index in [1.165, 1.54) is 18.3 Å². The summed E-state index contributed by atoms with van der Waals surface area (Å²) in [7, 11) is 0. The molecule has 3 heteroatoms. The average Bonchev–Trinajstić information content (AvgIpc) is 2.04. The van der Waals surface area contributed by atoms with Crippen LogP contribution in [0.2, 0.25) is 0 Å². The zero-order valence-corrected chi connectivity index (χ0v) is 6.01. The van der Waals surface area contributed by atoms with Gasteiger partial charge in [-0.25, -0.2) is 8.78 Å². The Labute approximate surface area is 67.7 Å². The number of aromatic nitrogens is 1. The normalized spacial score (nSPS) is 10.5. The van der Waals surface area contributed by atoms with Crippen molar-refractivity contribution in [2.24, 2.45) is 0 Å². The van der Waals surface area contributed by atoms with Crippen LogP contribution in [-0.2, 0) is 0 Å². The number of hydrogen-bond donors (Lipinski definition) is 0. The van der Waals surface area contributed by atoms with Crippen LogP contribution in [0.25, 0.3) is 10.9 Å². The number of rotatable bonds is 0. The maximum atomic E-state index is 12.9. The van der Waals surface area contributed by atoms with E-state index in [2.05, 4.69) is 11.1 Å². The van der Waals surface area contributed by atoms with Gasteiger partial charge >= 0.3 is 0 Å². The van der Waals surface area contributed by atoms with Crippen molar-refractivity contribution in [1.29, 1.82) is 0 Å². The molecule has 2 rings (SSSR count). The van der Waals surface area contributed by atoms with E-state index in [9.17, 15) is 8.78 Å². The first kappa shape index (κ1) is 7.16. The second kappa shape index (κ2) is 2.52. The molecule has 0 bridgehead atoms. The van der Waals surface area contributed by atoms with Crippen LogP contribution < -0.4 is 0 Å². The smallest absolute Gasteiger partial charge is 0.152 e. The third kappa shape index (κ3) is 1.03. The summed E-state index contributed by atoms with van der Waals surface area (Å²) in [6.07, 6.45) is 1.35. The SMILES string of the molecule is Fc1cc(F)c2nc[c]cc2c1. The molecule has 0 saturated heterocycles. The molecule has 0 atom stereocenters. The quantitative estimate of drug-likeness (QED) is 0.582. The summed E-state index contributed by atoms with van der Waals surface area (Å²) in [6, 6.07) is 6.18. The Hall–Kier alpha value is -1.51. The maximum Gasteiger partial charge on any atom is 0.152 e. The van der Waals surface area contributed by atoms with E-state index in [-0.39, 0.29) is 5.52 Å². The average molecular weight is 164 g/mol. The predicted molar refractivity (Wildman–Crippen MR) is 40.5 cm³/mol. The highest BCUT2D eigenvalue weighted by Crippen LogP contribution is 2.15. The topological polar surface area (TPSA) is 12.9 Å². The van der Waals surface area contributed by atoms with Gasteiger partial charge < -0.3 is 0 Å². The Morgan fingerprint density at radius 3 is 2.92 bits per heavy atom. The number of hydrogen-bond acceptors (Lipinski definition) is 1. The van der Waals surface area contributed by atoms with Crippen LogP contribution in [0.15, 0.2) is 24.4 Å². The third-order valence-corrected chi connectivity index (χ3v) is 1.56. The first-order valence-corrected chi connectivity index (χ1v) is 3.38. The zero-order valence-electron chi connectivity index (χ0n) is 6.01. The molecule has 2 aromatic rings. The lowest BCUT2D eigenvalue weighted by Crippen LogP contribution is -1.85. The van der Waals surface area contributed by atoms with Crippen molar-refractivity contribution >= 4 is 10.9 Å². The Morgan fingerprint density at radius 1 is 1.25 bits per heavy atom. The first-order valence-electron chi connectivity index (χ1n) is 3.38. The minimum absolute atomic E-state index is 0.176. The van der Waals surface area contributed by atoms with E-state index in [4.69, 9.17) is 0 Å². The van der Waals surface area contributed by atoms with Crippen LogP contribution in [0.5, 0.6) is 0 Å². The van der Waals surface area contributed by atoms with E-state index in [0.717, 1.165) is 6.07 Å². The Morgan fingerprint density at radius 2 is 2.08 bits per heavy atom. The van der Waals surface area contributed by atoms with Gasteiger partial charge in [-0.15, -0.1) is 0 Å². The van der Waals surface area contributed by atoms with Crippen molar-refractivity contribution in [3.05, 3.63) is 42.1 Å². The van der Waals surface area contributed by atoms with Crippen LogP contribution in [0.4, 0.5) is 8.78 Å². The van der Waals surface area contributed by atoms with Crippen molar-refractivity contribution in [2.75, 3.05) is 0 Å². The summed E-state index contributed by atoms with van der Waals surface area (Å²) in [4.78, 5) is 3.72. The number of fused-ring (bicyclic) bond motifs is 1. The summed E-state index contributed by atoms with van der Waals surface area (Å²) in [5.74, 6) is -1.24. The van der Waals surface area contributed by atoms with Gasteiger partial charge in [0.1, 0.15) is 11.3 Å². The van der Waals surface area contributed by atoms with Crippen molar-refractivity contribution in [1.82, 2.24) is 4.98 Å². The molecule has 0 saturated carbocycles. The lowest BCUT2D eigenvalue weighted by atomic mass is 10.2. The number of nitrogens with zero attached hydrogens (tertiary/aromatic N) is 1. The summed E-state index contributed by atoms with van der Waals surface area (Å²) in [6.45, 7) is 0. The Balaban J connectivity index is 2.89. The van der Waals surface area contributed by atoms with Gasteiger partial charge in [0.2, 0.25) is 0 Å². The maximum absolute atomic E-state index is 12.9. The van der Waals surface area contributed by atoms with Crippen molar-refractivity contribution in [3.63, 3.8) is 0 Å². The third-order valence-electron chi connectivity index (χ3n) is 1.56. The molecule has 0 spiro atoms. The zero-order chi connectivity index (χ0) is 8.55. The second-order valence-electron chi connectivity index (χ2n) is 2.39. The molecule has 1 radical (unpaired) electrons. The molecular weight excluding hydrogens is 160 g/mol. The van der Waals surface area contributed by atoms with Crippen LogP contribution in [0.1, 0.15) is 0 Å². The number of halogens is 2. The van der Waals surface area contributed by atoms with Crippen LogP contribution >= 0.6 is 0 Å². The fourth-order valence-corrected chi connectivity index (χ4v) is 1.06. The molecule has 0 unspecified atom stereocenters. The fourth-order valence-electron chi connectivity index (χ4n) is 1.06. The molecule has 1 nitrogen and oxygen atoms in total.